The summed E-state index contributed by atoms with van der Waals surface area (Å²) >= 11 is 0. The van der Waals surface area contributed by atoms with E-state index in [1.165, 1.54) is 12.1 Å². The van der Waals surface area contributed by atoms with Crippen LogP contribution in [0.2, 0.25) is 6.82 Å². The van der Waals surface area contributed by atoms with Gasteiger partial charge in [-0.05, 0) is 36.8 Å². The lowest BCUT2D eigenvalue weighted by Gasteiger charge is -2.16. The number of halogens is 1. The minimum absolute atomic E-state index is 0.0816. The fourth-order valence-electron chi connectivity index (χ4n) is 3.18. The second-order valence-corrected chi connectivity index (χ2v) is 9.07. The lowest BCUT2D eigenvalue weighted by Crippen LogP contribution is -2.25. The van der Waals surface area contributed by atoms with E-state index < -0.39 is 21.8 Å². The maximum atomic E-state index is 14.6. The molecule has 1 atom stereocenters. The van der Waals surface area contributed by atoms with Gasteiger partial charge in [-0.3, -0.25) is 0 Å². The highest BCUT2D eigenvalue weighted by Crippen LogP contribution is 2.29. The number of hydrogen-bond acceptors (Lipinski definition) is 3. The van der Waals surface area contributed by atoms with Gasteiger partial charge in [0.25, 0.3) is 0 Å². The van der Waals surface area contributed by atoms with E-state index in [9.17, 15) is 12.8 Å². The first kappa shape index (κ1) is 21.1. The van der Waals surface area contributed by atoms with Gasteiger partial charge in [-0.25, -0.2) is 12.8 Å². The van der Waals surface area contributed by atoms with Crippen molar-refractivity contribution in [1.82, 2.24) is 0 Å². The van der Waals surface area contributed by atoms with Crippen molar-refractivity contribution in [1.29, 1.82) is 0 Å². The largest absolute Gasteiger partial charge is 0.382 e. The molecule has 0 heterocycles. The zero-order valence-electron chi connectivity index (χ0n) is 16.6. The Morgan fingerprint density at radius 1 is 1.00 bits per heavy atom. The average Bonchev–Trinajstić information content (AvgIpc) is 2.73. The number of rotatable bonds is 8. The van der Waals surface area contributed by atoms with Gasteiger partial charge in [-0.1, -0.05) is 66.4 Å². The molecule has 149 valence electrons. The quantitative estimate of drug-likeness (QED) is 0.567. The number of sulfone groups is 1. The topological polar surface area (TPSA) is 46.2 Å². The molecule has 0 saturated carbocycles. The fourth-order valence-corrected chi connectivity index (χ4v) is 4.54. The van der Waals surface area contributed by atoms with Crippen LogP contribution in [0.25, 0.3) is 11.1 Å². The van der Waals surface area contributed by atoms with E-state index in [1.807, 2.05) is 57.4 Å². The first-order chi connectivity index (χ1) is 13.9. The molecule has 3 nitrogen and oxygen atoms in total. The van der Waals surface area contributed by atoms with E-state index in [4.69, 9.17) is 0 Å². The van der Waals surface area contributed by atoms with Crippen molar-refractivity contribution < 1.29 is 12.8 Å². The van der Waals surface area contributed by atoms with Crippen LogP contribution >= 0.6 is 0 Å². The van der Waals surface area contributed by atoms with Crippen LogP contribution in [0, 0.1) is 6.92 Å². The summed E-state index contributed by atoms with van der Waals surface area (Å²) in [5, 5.41) is 3.10. The molecule has 0 amide bonds. The van der Waals surface area contributed by atoms with Crippen molar-refractivity contribution in [2.24, 2.45) is 0 Å². The molecule has 0 bridgehead atoms. The summed E-state index contributed by atoms with van der Waals surface area (Å²) in [6.07, 6.45) is -1.52. The molecular weight excluding hydrogens is 384 g/mol. The minimum Gasteiger partial charge on any atom is -0.382 e. The smallest absolute Gasteiger partial charge is 0.181 e. The second-order valence-electron chi connectivity index (χ2n) is 7.04. The molecule has 3 aromatic rings. The number of nitrogens with one attached hydrogen (secondary N) is 1. The van der Waals surface area contributed by atoms with Crippen molar-refractivity contribution in [3.05, 3.63) is 78.4 Å². The number of anilines is 1. The van der Waals surface area contributed by atoms with Crippen LogP contribution < -0.4 is 10.8 Å². The molecular formula is C23H24BFNO2S. The SMILES string of the molecule is C[B]c1cccc(-c2cc(C)ccc2NCC(F)CS(=O)(=O)c2ccccc2)c1. The van der Waals surface area contributed by atoms with Gasteiger partial charge in [-0.2, -0.15) is 0 Å². The predicted octanol–water partition coefficient (Wildman–Crippen LogP) is 4.26. The molecule has 0 spiro atoms. The maximum Gasteiger partial charge on any atom is 0.181 e. The molecule has 1 radical (unpaired) electrons. The molecule has 0 aromatic heterocycles. The first-order valence-corrected chi connectivity index (χ1v) is 11.2. The summed E-state index contributed by atoms with van der Waals surface area (Å²) in [5.41, 5.74) is 4.97. The molecule has 0 saturated heterocycles. The van der Waals surface area contributed by atoms with Crippen LogP contribution in [0.1, 0.15) is 5.56 Å². The highest BCUT2D eigenvalue weighted by molar-refractivity contribution is 7.91. The Kier molecular flexibility index (Phi) is 6.75. The van der Waals surface area contributed by atoms with E-state index in [0.717, 1.165) is 27.8 Å². The molecule has 1 N–H and O–H groups in total. The molecule has 3 aromatic carbocycles. The van der Waals surface area contributed by atoms with Gasteiger partial charge < -0.3 is 5.32 Å². The molecule has 0 aliphatic carbocycles. The Morgan fingerprint density at radius 2 is 1.76 bits per heavy atom. The predicted molar refractivity (Wildman–Crippen MR) is 120 cm³/mol. The van der Waals surface area contributed by atoms with Crippen LogP contribution in [0.4, 0.5) is 10.1 Å². The lowest BCUT2D eigenvalue weighted by atomic mass is 9.72. The lowest BCUT2D eigenvalue weighted by molar-refractivity contribution is 0.378. The third kappa shape index (κ3) is 5.48. The molecule has 3 rings (SSSR count). The van der Waals surface area contributed by atoms with Crippen LogP contribution in [-0.4, -0.2) is 34.2 Å². The Hall–Kier alpha value is -2.60. The Bertz CT molecular complexity index is 1070. The van der Waals surface area contributed by atoms with Gasteiger partial charge in [0.1, 0.15) is 13.5 Å². The van der Waals surface area contributed by atoms with Crippen molar-refractivity contribution in [2.45, 2.75) is 24.8 Å². The van der Waals surface area contributed by atoms with E-state index in [0.29, 0.717) is 0 Å². The van der Waals surface area contributed by atoms with Crippen molar-refractivity contribution in [3.63, 3.8) is 0 Å². The fraction of sp³-hybridized carbons (Fsp3) is 0.217. The van der Waals surface area contributed by atoms with Crippen LogP contribution in [0.5, 0.6) is 0 Å². The maximum absolute atomic E-state index is 14.6. The van der Waals surface area contributed by atoms with Crippen LogP contribution in [-0.2, 0) is 9.84 Å². The summed E-state index contributed by atoms with van der Waals surface area (Å²) < 4.78 is 39.3. The standard InChI is InChI=1S/C23H24BFNO2S/c1-17-11-12-23(22(13-17)18-7-6-8-19(14-18)24-2)26-15-20(25)16-29(27,28)21-9-4-3-5-10-21/h3-14,20,26H,15-16H2,1-2H3. The molecule has 0 fully saturated rings. The van der Waals surface area contributed by atoms with Crippen LogP contribution in [0.3, 0.4) is 0 Å². The van der Waals surface area contributed by atoms with Gasteiger partial charge in [0, 0.05) is 17.8 Å². The Labute approximate surface area is 173 Å². The van der Waals surface area contributed by atoms with E-state index in [-0.39, 0.29) is 11.4 Å². The normalized spacial score (nSPS) is 12.4. The van der Waals surface area contributed by atoms with E-state index in [2.05, 4.69) is 11.4 Å². The van der Waals surface area contributed by atoms with Crippen LogP contribution in [0.15, 0.2) is 77.7 Å². The zero-order valence-corrected chi connectivity index (χ0v) is 17.4. The molecule has 0 aliphatic rings. The number of hydrogen-bond donors (Lipinski definition) is 1. The minimum atomic E-state index is -3.66. The van der Waals surface area contributed by atoms with Crippen molar-refractivity contribution in [2.75, 3.05) is 17.6 Å². The van der Waals surface area contributed by atoms with E-state index >= 15 is 0 Å². The third-order valence-corrected chi connectivity index (χ3v) is 6.51. The summed E-state index contributed by atoms with van der Waals surface area (Å²) in [6, 6.07) is 22.0. The van der Waals surface area contributed by atoms with Crippen molar-refractivity contribution >= 4 is 28.3 Å². The highest BCUT2D eigenvalue weighted by Gasteiger charge is 2.21. The van der Waals surface area contributed by atoms with Gasteiger partial charge in [0.2, 0.25) is 0 Å². The Morgan fingerprint density at radius 3 is 2.48 bits per heavy atom. The summed E-state index contributed by atoms with van der Waals surface area (Å²) in [6.45, 7) is 3.91. The number of aryl methyl sites for hydroxylation is 1. The third-order valence-electron chi connectivity index (χ3n) is 4.72. The second kappa shape index (κ2) is 9.27. The summed E-state index contributed by atoms with van der Waals surface area (Å²) in [7, 11) is -1.63. The van der Waals surface area contributed by atoms with Gasteiger partial charge in [0.15, 0.2) is 9.84 Å². The molecule has 1 unspecified atom stereocenters. The summed E-state index contributed by atoms with van der Waals surface area (Å²) in [4.78, 5) is 0.145. The summed E-state index contributed by atoms with van der Waals surface area (Å²) in [5.74, 6) is -0.550. The average molecular weight is 408 g/mol. The van der Waals surface area contributed by atoms with Gasteiger partial charge in [0.05, 0.1) is 10.6 Å². The Balaban J connectivity index is 1.75. The molecule has 6 heteroatoms. The monoisotopic (exact) mass is 408 g/mol. The highest BCUT2D eigenvalue weighted by atomic mass is 32.2. The molecule has 29 heavy (non-hydrogen) atoms. The van der Waals surface area contributed by atoms with E-state index in [1.54, 1.807) is 18.2 Å². The molecule has 0 aliphatic heterocycles. The number of alkyl halides is 1. The zero-order chi connectivity index (χ0) is 20.9. The first-order valence-electron chi connectivity index (χ1n) is 9.55. The van der Waals surface area contributed by atoms with Gasteiger partial charge >= 0.3 is 0 Å². The number of benzene rings is 3. The van der Waals surface area contributed by atoms with Crippen molar-refractivity contribution in [3.8, 4) is 11.1 Å². The van der Waals surface area contributed by atoms with Gasteiger partial charge in [-0.15, -0.1) is 0 Å².